The maximum absolute atomic E-state index is 0. The predicted octanol–water partition coefficient (Wildman–Crippen LogP) is -7.45. The van der Waals surface area contributed by atoms with Gasteiger partial charge in [0.1, 0.15) is 0 Å². The summed E-state index contributed by atoms with van der Waals surface area (Å²) < 4.78 is 0. The van der Waals surface area contributed by atoms with Gasteiger partial charge in [-0.25, -0.2) is 0 Å². The fraction of sp³-hybridized carbons (Fsp3) is 0. The van der Waals surface area contributed by atoms with Crippen LogP contribution in [0.25, 0.3) is 0 Å². The van der Waals surface area contributed by atoms with Crippen LogP contribution in [0.1, 0.15) is 0 Å². The second kappa shape index (κ2) is 24.4. The van der Waals surface area contributed by atoms with Crippen molar-refractivity contribution in [2.45, 2.75) is 0 Å². The molecule has 0 radical (unpaired) electrons. The summed E-state index contributed by atoms with van der Waals surface area (Å²) in [6.45, 7) is 0. The molecule has 0 spiro atoms. The smallest absolute Gasteiger partial charge is 1.00 e. The third kappa shape index (κ3) is 9.70. The topological polar surface area (TPSA) is 0 Å². The molecule has 26 valence electrons. The van der Waals surface area contributed by atoms with Crippen LogP contribution in [0.15, 0.2) is 0 Å². The molecule has 0 amide bonds. The molecule has 0 aromatic rings. The molecular formula is H4Cl2SiTi. The summed E-state index contributed by atoms with van der Waals surface area (Å²) in [5, 5.41) is 0. The number of rotatable bonds is 0. The summed E-state index contributed by atoms with van der Waals surface area (Å²) in [7, 11) is 0. The van der Waals surface area contributed by atoms with Gasteiger partial charge in [0.05, 0.1) is 0 Å². The van der Waals surface area contributed by atoms with E-state index in [9.17, 15) is 0 Å². The van der Waals surface area contributed by atoms with E-state index in [1.165, 1.54) is 0 Å². The average Bonchev–Trinajstić information content (AvgIpc) is 0. The monoisotopic (exact) mass is 150 g/mol. The molecule has 0 atom stereocenters. The predicted molar refractivity (Wildman–Crippen MR) is 11.3 cm³/mol. The summed E-state index contributed by atoms with van der Waals surface area (Å²) in [5.41, 5.74) is 0. The number of halogens is 2. The van der Waals surface area contributed by atoms with Gasteiger partial charge in [-0.15, -0.1) is 0 Å². The van der Waals surface area contributed by atoms with E-state index in [2.05, 4.69) is 0 Å². The quantitative estimate of drug-likeness (QED) is 0.302. The maximum Gasteiger partial charge on any atom is 2.00 e. The molecule has 0 aromatic carbocycles. The van der Waals surface area contributed by atoms with Crippen molar-refractivity contribution in [3.05, 3.63) is 0 Å². The minimum Gasteiger partial charge on any atom is -1.00 e. The summed E-state index contributed by atoms with van der Waals surface area (Å²) in [6, 6.07) is 0. The largest absolute Gasteiger partial charge is 2.00 e. The Bertz CT molecular complexity index is 6.00. The van der Waals surface area contributed by atoms with Crippen LogP contribution in [-0.4, -0.2) is 11.0 Å². The molecule has 0 saturated heterocycles. The molecule has 0 aliphatic rings. The van der Waals surface area contributed by atoms with E-state index in [1.807, 2.05) is 0 Å². The van der Waals surface area contributed by atoms with Crippen LogP contribution >= 0.6 is 0 Å². The zero-order valence-corrected chi connectivity index (χ0v) is 4.33. The minimum absolute atomic E-state index is 0. The molecule has 0 aromatic heterocycles. The van der Waals surface area contributed by atoms with Crippen molar-refractivity contribution < 1.29 is 46.5 Å². The normalized spacial score (nSPS) is 0. The van der Waals surface area contributed by atoms with E-state index in [-0.39, 0.29) is 57.5 Å². The summed E-state index contributed by atoms with van der Waals surface area (Å²) >= 11 is 0. The second-order valence-corrected chi connectivity index (χ2v) is 0. The van der Waals surface area contributed by atoms with Gasteiger partial charge in [-0.1, -0.05) is 0 Å². The van der Waals surface area contributed by atoms with Crippen LogP contribution in [0.4, 0.5) is 0 Å². The van der Waals surface area contributed by atoms with Crippen molar-refractivity contribution in [2.24, 2.45) is 0 Å². The Morgan fingerprint density at radius 2 is 0.750 bits per heavy atom. The van der Waals surface area contributed by atoms with Gasteiger partial charge in [0.25, 0.3) is 0 Å². The zero-order valence-electron chi connectivity index (χ0n) is 1.26. The molecule has 0 unspecified atom stereocenters. The molecule has 0 nitrogen and oxygen atoms in total. The molecule has 0 fully saturated rings. The van der Waals surface area contributed by atoms with E-state index in [1.54, 1.807) is 0 Å². The van der Waals surface area contributed by atoms with Crippen molar-refractivity contribution in [1.29, 1.82) is 0 Å². The molecule has 4 heteroatoms. The van der Waals surface area contributed by atoms with E-state index in [0.717, 1.165) is 0 Å². The second-order valence-electron chi connectivity index (χ2n) is 0. The Morgan fingerprint density at radius 1 is 0.750 bits per heavy atom. The molecule has 0 aliphatic heterocycles. The fourth-order valence-electron chi connectivity index (χ4n) is 0. The van der Waals surface area contributed by atoms with Gasteiger partial charge in [0.15, 0.2) is 0 Å². The van der Waals surface area contributed by atoms with Crippen molar-refractivity contribution in [3.63, 3.8) is 0 Å². The standard InChI is InChI=1S/2ClH.H4Si.Ti/h2*1H;1H4;/q;;;+2/p-2. The third-order valence-electron chi connectivity index (χ3n) is 0. The molecule has 0 aliphatic carbocycles. The zero-order chi connectivity index (χ0) is 0. The van der Waals surface area contributed by atoms with E-state index < -0.39 is 0 Å². The van der Waals surface area contributed by atoms with Crippen LogP contribution < -0.4 is 24.8 Å². The summed E-state index contributed by atoms with van der Waals surface area (Å²) in [4.78, 5) is 0. The van der Waals surface area contributed by atoms with Gasteiger partial charge < -0.3 is 24.8 Å². The van der Waals surface area contributed by atoms with Gasteiger partial charge >= 0.3 is 21.7 Å². The number of hydrogen-bond acceptors (Lipinski definition) is 0. The first kappa shape index (κ1) is 49.1. The van der Waals surface area contributed by atoms with Crippen molar-refractivity contribution >= 4 is 11.0 Å². The van der Waals surface area contributed by atoms with E-state index in [0.29, 0.717) is 0 Å². The first-order valence-corrected chi connectivity index (χ1v) is 0. The SMILES string of the molecule is [Cl-].[Cl-].[SiH4].[Ti+2]. The fourth-order valence-corrected chi connectivity index (χ4v) is 0. The van der Waals surface area contributed by atoms with Gasteiger partial charge in [-0.2, -0.15) is 0 Å². The minimum atomic E-state index is 0. The Kier molecular flexibility index (Phi) is 299. The third-order valence-corrected chi connectivity index (χ3v) is 0. The van der Waals surface area contributed by atoms with Crippen molar-refractivity contribution in [1.82, 2.24) is 0 Å². The molecule has 0 bridgehead atoms. The van der Waals surface area contributed by atoms with Gasteiger partial charge in [-0.05, 0) is 11.0 Å². The molecule has 0 saturated carbocycles. The Balaban J connectivity index is 0. The Morgan fingerprint density at radius 3 is 0.750 bits per heavy atom. The molecule has 0 rings (SSSR count). The van der Waals surface area contributed by atoms with Gasteiger partial charge in [-0.3, -0.25) is 0 Å². The van der Waals surface area contributed by atoms with Crippen LogP contribution in [-0.2, 0) is 21.7 Å². The summed E-state index contributed by atoms with van der Waals surface area (Å²) in [5.74, 6) is 0. The van der Waals surface area contributed by atoms with Crippen LogP contribution in [0.2, 0.25) is 0 Å². The van der Waals surface area contributed by atoms with Crippen molar-refractivity contribution in [2.75, 3.05) is 0 Å². The Labute approximate surface area is 57.5 Å². The van der Waals surface area contributed by atoms with Gasteiger partial charge in [0, 0.05) is 0 Å². The number of hydrogen-bond donors (Lipinski definition) is 0. The van der Waals surface area contributed by atoms with Crippen LogP contribution in [0.5, 0.6) is 0 Å². The molecule has 0 N–H and O–H groups in total. The van der Waals surface area contributed by atoms with Crippen LogP contribution in [0.3, 0.4) is 0 Å². The first-order chi connectivity index (χ1) is 0. The van der Waals surface area contributed by atoms with Crippen LogP contribution in [0, 0.1) is 0 Å². The first-order valence-electron chi connectivity index (χ1n) is 0. The molecular weight excluding hydrogens is 147 g/mol. The maximum atomic E-state index is 0. The molecule has 0 heterocycles. The van der Waals surface area contributed by atoms with E-state index >= 15 is 0 Å². The van der Waals surface area contributed by atoms with E-state index in [4.69, 9.17) is 0 Å². The van der Waals surface area contributed by atoms with Crippen molar-refractivity contribution in [3.8, 4) is 0 Å². The molecule has 4 heavy (non-hydrogen) atoms. The average molecular weight is 151 g/mol. The Hall–Kier alpha value is 1.51. The summed E-state index contributed by atoms with van der Waals surface area (Å²) in [6.07, 6.45) is 0. The van der Waals surface area contributed by atoms with Gasteiger partial charge in [0.2, 0.25) is 0 Å².